The third-order valence-electron chi connectivity index (χ3n) is 3.26. The van der Waals surface area contributed by atoms with Crippen molar-refractivity contribution in [3.8, 4) is 0 Å². The van der Waals surface area contributed by atoms with E-state index in [0.29, 0.717) is 6.42 Å². The SMILES string of the molecule is Cc1nn(C)c(C)c1CCCCCCC(N)=O. The summed E-state index contributed by atoms with van der Waals surface area (Å²) >= 11 is 0. The molecule has 0 fully saturated rings. The molecule has 0 atom stereocenters. The number of carbonyl (C=O) groups excluding carboxylic acids is 1. The molecule has 0 unspecified atom stereocenters. The Morgan fingerprint density at radius 2 is 1.88 bits per heavy atom. The average Bonchev–Trinajstić information content (AvgIpc) is 2.48. The molecule has 96 valence electrons. The van der Waals surface area contributed by atoms with Crippen LogP contribution in [0.1, 0.15) is 49.1 Å². The lowest BCUT2D eigenvalue weighted by molar-refractivity contribution is -0.118. The molecule has 0 aliphatic rings. The fourth-order valence-electron chi connectivity index (χ4n) is 2.13. The van der Waals surface area contributed by atoms with E-state index in [4.69, 9.17) is 5.73 Å². The highest BCUT2D eigenvalue weighted by Gasteiger charge is 2.08. The van der Waals surface area contributed by atoms with Crippen LogP contribution in [0.15, 0.2) is 0 Å². The summed E-state index contributed by atoms with van der Waals surface area (Å²) in [6, 6.07) is 0. The molecule has 17 heavy (non-hydrogen) atoms. The Balaban J connectivity index is 2.24. The highest BCUT2D eigenvalue weighted by molar-refractivity contribution is 5.73. The van der Waals surface area contributed by atoms with Crippen molar-refractivity contribution in [1.29, 1.82) is 0 Å². The van der Waals surface area contributed by atoms with Crippen LogP contribution in [-0.4, -0.2) is 15.7 Å². The number of hydrogen-bond acceptors (Lipinski definition) is 2. The molecule has 4 heteroatoms. The van der Waals surface area contributed by atoms with Gasteiger partial charge in [-0.3, -0.25) is 9.48 Å². The number of carbonyl (C=O) groups is 1. The van der Waals surface area contributed by atoms with Gasteiger partial charge in [0.15, 0.2) is 0 Å². The Morgan fingerprint density at radius 1 is 1.24 bits per heavy atom. The van der Waals surface area contributed by atoms with Gasteiger partial charge in [0.2, 0.25) is 5.91 Å². The van der Waals surface area contributed by atoms with E-state index in [0.717, 1.165) is 37.8 Å². The highest BCUT2D eigenvalue weighted by atomic mass is 16.1. The molecule has 0 saturated carbocycles. The number of primary amides is 1. The summed E-state index contributed by atoms with van der Waals surface area (Å²) in [5.41, 5.74) is 8.87. The number of hydrogen-bond donors (Lipinski definition) is 1. The van der Waals surface area contributed by atoms with E-state index in [1.165, 1.54) is 11.3 Å². The third kappa shape index (κ3) is 4.21. The molecule has 0 bridgehead atoms. The van der Waals surface area contributed by atoms with Gasteiger partial charge in [-0.25, -0.2) is 0 Å². The maximum atomic E-state index is 10.6. The Bertz CT molecular complexity index is 382. The van der Waals surface area contributed by atoms with Crippen molar-refractivity contribution in [3.05, 3.63) is 17.0 Å². The standard InChI is InChI=1S/C13H23N3O/c1-10-12(11(2)16(3)15-10)8-6-4-5-7-9-13(14)17/h4-9H2,1-3H3,(H2,14,17). The van der Waals surface area contributed by atoms with E-state index in [1.807, 2.05) is 11.7 Å². The summed E-state index contributed by atoms with van der Waals surface area (Å²) < 4.78 is 1.94. The van der Waals surface area contributed by atoms with E-state index in [9.17, 15) is 4.79 Å². The summed E-state index contributed by atoms with van der Waals surface area (Å²) in [5, 5.41) is 4.40. The second kappa shape index (κ2) is 6.42. The van der Waals surface area contributed by atoms with Crippen LogP contribution in [-0.2, 0) is 18.3 Å². The summed E-state index contributed by atoms with van der Waals surface area (Å²) in [6.45, 7) is 4.18. The van der Waals surface area contributed by atoms with E-state index in [-0.39, 0.29) is 5.91 Å². The molecule has 0 aliphatic carbocycles. The van der Waals surface area contributed by atoms with Gasteiger partial charge in [0.05, 0.1) is 5.69 Å². The fraction of sp³-hybridized carbons (Fsp3) is 0.692. The molecule has 1 aromatic rings. The van der Waals surface area contributed by atoms with Gasteiger partial charge in [-0.15, -0.1) is 0 Å². The first-order chi connectivity index (χ1) is 8.02. The summed E-state index contributed by atoms with van der Waals surface area (Å²) in [5.74, 6) is -0.191. The topological polar surface area (TPSA) is 60.9 Å². The predicted molar refractivity (Wildman–Crippen MR) is 68.7 cm³/mol. The highest BCUT2D eigenvalue weighted by Crippen LogP contribution is 2.16. The van der Waals surface area contributed by atoms with Gasteiger partial charge in [-0.1, -0.05) is 12.8 Å². The maximum absolute atomic E-state index is 10.6. The lowest BCUT2D eigenvalue weighted by atomic mass is 10.0. The summed E-state index contributed by atoms with van der Waals surface area (Å²) in [6.07, 6.45) is 5.92. The van der Waals surface area contributed by atoms with Crippen LogP contribution < -0.4 is 5.73 Å². The van der Waals surface area contributed by atoms with Crippen LogP contribution in [0, 0.1) is 13.8 Å². The number of amides is 1. The first kappa shape index (κ1) is 13.7. The molecule has 0 aromatic carbocycles. The minimum Gasteiger partial charge on any atom is -0.370 e. The molecule has 4 nitrogen and oxygen atoms in total. The van der Waals surface area contributed by atoms with Crippen molar-refractivity contribution in [3.63, 3.8) is 0 Å². The average molecular weight is 237 g/mol. The lowest BCUT2D eigenvalue weighted by Gasteiger charge is -2.02. The predicted octanol–water partition coefficient (Wildman–Crippen LogP) is 2.02. The van der Waals surface area contributed by atoms with Crippen molar-refractivity contribution in [2.24, 2.45) is 12.8 Å². The van der Waals surface area contributed by atoms with Crippen molar-refractivity contribution in [1.82, 2.24) is 9.78 Å². The van der Waals surface area contributed by atoms with Crippen molar-refractivity contribution < 1.29 is 4.79 Å². The normalized spacial score (nSPS) is 10.8. The van der Waals surface area contributed by atoms with Crippen LogP contribution in [0.3, 0.4) is 0 Å². The van der Waals surface area contributed by atoms with Crippen LogP contribution >= 0.6 is 0 Å². The molecule has 2 N–H and O–H groups in total. The first-order valence-electron chi connectivity index (χ1n) is 6.29. The summed E-state index contributed by atoms with van der Waals surface area (Å²) in [4.78, 5) is 10.6. The smallest absolute Gasteiger partial charge is 0.217 e. The molecule has 0 radical (unpaired) electrons. The van der Waals surface area contributed by atoms with Crippen molar-refractivity contribution >= 4 is 5.91 Å². The lowest BCUT2D eigenvalue weighted by Crippen LogP contribution is -2.09. The van der Waals surface area contributed by atoms with E-state index in [1.54, 1.807) is 0 Å². The summed E-state index contributed by atoms with van der Waals surface area (Å²) in [7, 11) is 1.98. The number of aryl methyl sites for hydroxylation is 2. The Labute approximate surface area is 103 Å². The van der Waals surface area contributed by atoms with Crippen molar-refractivity contribution in [2.45, 2.75) is 52.4 Å². The molecule has 1 heterocycles. The van der Waals surface area contributed by atoms with Crippen molar-refractivity contribution in [2.75, 3.05) is 0 Å². The van der Waals surface area contributed by atoms with Gasteiger partial charge in [-0.2, -0.15) is 5.10 Å². The first-order valence-corrected chi connectivity index (χ1v) is 6.29. The van der Waals surface area contributed by atoms with Gasteiger partial charge >= 0.3 is 0 Å². The monoisotopic (exact) mass is 237 g/mol. The fourth-order valence-corrected chi connectivity index (χ4v) is 2.13. The molecule has 1 rings (SSSR count). The molecule has 1 aromatic heterocycles. The molecule has 1 amide bonds. The zero-order valence-corrected chi connectivity index (χ0v) is 11.1. The third-order valence-corrected chi connectivity index (χ3v) is 3.26. The number of rotatable bonds is 7. The largest absolute Gasteiger partial charge is 0.370 e. The Morgan fingerprint density at radius 3 is 2.41 bits per heavy atom. The number of nitrogens with two attached hydrogens (primary N) is 1. The zero-order chi connectivity index (χ0) is 12.8. The van der Waals surface area contributed by atoms with E-state index in [2.05, 4.69) is 18.9 Å². The molecular formula is C13H23N3O. The van der Waals surface area contributed by atoms with Crippen LogP contribution in [0.2, 0.25) is 0 Å². The van der Waals surface area contributed by atoms with Gasteiger partial charge < -0.3 is 5.73 Å². The maximum Gasteiger partial charge on any atom is 0.217 e. The minimum absolute atomic E-state index is 0.191. The number of nitrogens with zero attached hydrogens (tertiary/aromatic N) is 2. The van der Waals surface area contributed by atoms with Crippen LogP contribution in [0.4, 0.5) is 0 Å². The molecular weight excluding hydrogens is 214 g/mol. The van der Waals surface area contributed by atoms with E-state index < -0.39 is 0 Å². The zero-order valence-electron chi connectivity index (χ0n) is 11.1. The van der Waals surface area contributed by atoms with Gasteiger partial charge in [0, 0.05) is 19.2 Å². The second-order valence-electron chi connectivity index (χ2n) is 4.65. The molecule has 0 aliphatic heterocycles. The number of unbranched alkanes of at least 4 members (excludes halogenated alkanes) is 3. The van der Waals surface area contributed by atoms with Gasteiger partial charge in [-0.05, 0) is 38.7 Å². The van der Waals surface area contributed by atoms with Crippen LogP contribution in [0.5, 0.6) is 0 Å². The van der Waals surface area contributed by atoms with Gasteiger partial charge in [0.25, 0.3) is 0 Å². The molecule has 0 saturated heterocycles. The van der Waals surface area contributed by atoms with Gasteiger partial charge in [0.1, 0.15) is 0 Å². The van der Waals surface area contributed by atoms with Crippen LogP contribution in [0.25, 0.3) is 0 Å². The molecule has 0 spiro atoms. The Kier molecular flexibility index (Phi) is 5.19. The quantitative estimate of drug-likeness (QED) is 0.737. The minimum atomic E-state index is -0.191. The second-order valence-corrected chi connectivity index (χ2v) is 4.65. The number of aromatic nitrogens is 2. The Hall–Kier alpha value is -1.32. The van der Waals surface area contributed by atoms with E-state index >= 15 is 0 Å².